The maximum Gasteiger partial charge on any atom is 0.416 e. The van der Waals surface area contributed by atoms with E-state index >= 15 is 0 Å². The first kappa shape index (κ1) is 24.8. The number of nitrogens with zero attached hydrogens (tertiary/aromatic N) is 1. The number of nitrogens with one attached hydrogen (secondary N) is 2. The highest BCUT2D eigenvalue weighted by molar-refractivity contribution is 5.95. The molecule has 2 aromatic carbocycles. The number of anilines is 4. The van der Waals surface area contributed by atoms with Gasteiger partial charge in [0, 0.05) is 26.1 Å². The van der Waals surface area contributed by atoms with Crippen molar-refractivity contribution in [1.29, 1.82) is 0 Å². The maximum absolute atomic E-state index is 13.8. The topological polar surface area (TPSA) is 63.2 Å². The van der Waals surface area contributed by atoms with Gasteiger partial charge in [0.25, 0.3) is 0 Å². The summed E-state index contributed by atoms with van der Waals surface area (Å²) in [7, 11) is 1.24. The summed E-state index contributed by atoms with van der Waals surface area (Å²) in [6.45, 7) is 0. The van der Waals surface area contributed by atoms with Gasteiger partial charge in [-0.05, 0) is 110 Å². The molecule has 38 heavy (non-hydrogen) atoms. The smallest absolute Gasteiger partial charge is 0.416 e. The molecule has 1 aromatic heterocycles. The van der Waals surface area contributed by atoms with E-state index in [0.717, 1.165) is 35.6 Å². The second-order valence-corrected chi connectivity index (χ2v) is 11.2. The third kappa shape index (κ3) is 4.72. The molecule has 202 valence electrons. The van der Waals surface area contributed by atoms with E-state index in [9.17, 15) is 18.0 Å². The van der Waals surface area contributed by atoms with Gasteiger partial charge < -0.3 is 15.4 Å². The lowest BCUT2D eigenvalue weighted by atomic mass is 9.48. The van der Waals surface area contributed by atoms with Gasteiger partial charge in [0.05, 0.1) is 12.7 Å². The minimum absolute atomic E-state index is 0. The largest absolute Gasteiger partial charge is 0.465 e. The molecule has 4 aliphatic carbocycles. The molecule has 1 heterocycles. The number of aromatic nitrogens is 1. The van der Waals surface area contributed by atoms with Crippen molar-refractivity contribution in [3.63, 3.8) is 0 Å². The number of hydrogen-bond donors (Lipinski definition) is 2. The van der Waals surface area contributed by atoms with Crippen LogP contribution in [0.25, 0.3) is 0 Å². The molecule has 4 aliphatic rings. The van der Waals surface area contributed by atoms with E-state index in [-0.39, 0.29) is 31.0 Å². The molecule has 3 aromatic rings. The van der Waals surface area contributed by atoms with E-state index in [4.69, 9.17) is 4.74 Å². The molecule has 0 aliphatic heterocycles. The van der Waals surface area contributed by atoms with Crippen molar-refractivity contribution in [2.75, 3.05) is 17.7 Å². The summed E-state index contributed by atoms with van der Waals surface area (Å²) in [5.74, 6) is 2.01. The Balaban J connectivity index is 0.00000185. The molecule has 0 atom stereocenters. The monoisotopic (exact) mass is 525 g/mol. The maximum atomic E-state index is 13.8. The Labute approximate surface area is 222 Å². The fourth-order valence-electron chi connectivity index (χ4n) is 7.39. The highest BCUT2D eigenvalue weighted by Crippen LogP contribution is 2.60. The first-order valence-corrected chi connectivity index (χ1v) is 13.1. The van der Waals surface area contributed by atoms with Crippen LogP contribution in [0.15, 0.2) is 60.8 Å². The van der Waals surface area contributed by atoms with Gasteiger partial charge in [-0.1, -0.05) is 12.1 Å². The molecule has 4 fully saturated rings. The summed E-state index contributed by atoms with van der Waals surface area (Å²) >= 11 is 0. The Hall–Kier alpha value is -3.55. The molecule has 4 saturated carbocycles. The predicted octanol–water partition coefficient (Wildman–Crippen LogP) is 8.33. The summed E-state index contributed by atoms with van der Waals surface area (Å²) in [4.78, 5) is 16.2. The van der Waals surface area contributed by atoms with Crippen LogP contribution in [0, 0.1) is 17.8 Å². The highest BCUT2D eigenvalue weighted by atomic mass is 19.4. The Bertz CT molecular complexity index is 1330. The first-order valence-electron chi connectivity index (χ1n) is 13.1. The molecule has 0 amide bonds. The van der Waals surface area contributed by atoms with Crippen molar-refractivity contribution in [2.45, 2.75) is 50.1 Å². The summed E-state index contributed by atoms with van der Waals surface area (Å²) in [6.07, 6.45) is 4.82. The molecule has 7 rings (SSSR count). The lowest BCUT2D eigenvalue weighted by Crippen LogP contribution is -2.48. The number of carbonyl (C=O) groups is 1. The van der Waals surface area contributed by atoms with Gasteiger partial charge in [0.2, 0.25) is 0 Å². The number of methoxy groups -OCH3 is 1. The van der Waals surface area contributed by atoms with Crippen LogP contribution in [-0.2, 0) is 16.3 Å². The van der Waals surface area contributed by atoms with Crippen molar-refractivity contribution in [3.05, 3.63) is 77.5 Å². The van der Waals surface area contributed by atoms with Gasteiger partial charge in [0.15, 0.2) is 0 Å². The Kier molecular flexibility index (Phi) is 6.08. The normalized spacial score (nSPS) is 25.7. The van der Waals surface area contributed by atoms with Gasteiger partial charge in [-0.15, -0.1) is 0 Å². The van der Waals surface area contributed by atoms with Crippen molar-refractivity contribution < 1.29 is 25.6 Å². The molecule has 0 spiro atoms. The van der Waals surface area contributed by atoms with Crippen LogP contribution < -0.4 is 10.6 Å². The summed E-state index contributed by atoms with van der Waals surface area (Å²) in [5.41, 5.74) is 2.08. The highest BCUT2D eigenvalue weighted by Gasteiger charge is 2.51. The fraction of sp³-hybridized carbons (Fsp3) is 0.400. The Morgan fingerprint density at radius 2 is 1.53 bits per heavy atom. The SMILES string of the molecule is COC(=O)c1cccnc1Nc1cc(Nc2ccc(C34CC5CC(CC(C5)C3)C4)cc2)cc(C(F)(F)F)c1.[HH].[HH]. The Morgan fingerprint density at radius 1 is 0.921 bits per heavy atom. The number of benzene rings is 2. The van der Waals surface area contributed by atoms with E-state index in [2.05, 4.69) is 27.8 Å². The molecule has 0 unspecified atom stereocenters. The second kappa shape index (κ2) is 9.33. The first-order chi connectivity index (χ1) is 18.2. The van der Waals surface area contributed by atoms with Crippen molar-refractivity contribution in [3.8, 4) is 0 Å². The van der Waals surface area contributed by atoms with Crippen LogP contribution in [0.2, 0.25) is 0 Å². The van der Waals surface area contributed by atoms with Gasteiger partial charge in [-0.3, -0.25) is 0 Å². The van der Waals surface area contributed by atoms with Gasteiger partial charge in [-0.25, -0.2) is 9.78 Å². The van der Waals surface area contributed by atoms with Gasteiger partial charge in [-0.2, -0.15) is 13.2 Å². The third-order valence-corrected chi connectivity index (χ3v) is 8.56. The molecular weight excluding hydrogens is 491 g/mol. The lowest BCUT2D eigenvalue weighted by Gasteiger charge is -2.57. The number of halogens is 3. The number of ether oxygens (including phenoxy) is 1. The number of carbonyl (C=O) groups excluding carboxylic acids is 1. The zero-order valence-electron chi connectivity index (χ0n) is 21.1. The average Bonchev–Trinajstić information content (AvgIpc) is 2.87. The fourth-order valence-corrected chi connectivity index (χ4v) is 7.39. The minimum atomic E-state index is -4.55. The van der Waals surface area contributed by atoms with Crippen LogP contribution in [0.5, 0.6) is 0 Å². The number of alkyl halides is 3. The van der Waals surface area contributed by atoms with Crippen molar-refractivity contribution >= 4 is 28.8 Å². The molecule has 4 bridgehead atoms. The number of pyridine rings is 1. The van der Waals surface area contributed by atoms with E-state index in [1.165, 1.54) is 63.5 Å². The summed E-state index contributed by atoms with van der Waals surface area (Å²) in [6, 6.07) is 14.9. The van der Waals surface area contributed by atoms with Crippen LogP contribution in [-0.4, -0.2) is 18.1 Å². The van der Waals surface area contributed by atoms with Gasteiger partial charge >= 0.3 is 12.1 Å². The lowest BCUT2D eigenvalue weighted by molar-refractivity contribution is -0.137. The van der Waals surface area contributed by atoms with Gasteiger partial charge in [0.1, 0.15) is 11.4 Å². The molecule has 0 radical (unpaired) electrons. The second-order valence-electron chi connectivity index (χ2n) is 11.2. The molecule has 8 heteroatoms. The predicted molar refractivity (Wildman–Crippen MR) is 144 cm³/mol. The summed E-state index contributed by atoms with van der Waals surface area (Å²) < 4.78 is 46.0. The van der Waals surface area contributed by atoms with Crippen molar-refractivity contribution in [2.24, 2.45) is 17.8 Å². The summed E-state index contributed by atoms with van der Waals surface area (Å²) in [5, 5.41) is 6.00. The molecular formula is C30H34F3N3O2. The van der Waals surface area contributed by atoms with Crippen LogP contribution >= 0.6 is 0 Å². The van der Waals surface area contributed by atoms with Crippen molar-refractivity contribution in [1.82, 2.24) is 4.98 Å². The van der Waals surface area contributed by atoms with E-state index in [1.807, 2.05) is 12.1 Å². The number of hydrogen-bond acceptors (Lipinski definition) is 5. The van der Waals surface area contributed by atoms with Crippen LogP contribution in [0.1, 0.15) is 62.9 Å². The van der Waals surface area contributed by atoms with E-state index < -0.39 is 17.7 Å². The Morgan fingerprint density at radius 3 is 2.11 bits per heavy atom. The van der Waals surface area contributed by atoms with E-state index in [0.29, 0.717) is 0 Å². The average molecular weight is 526 g/mol. The van der Waals surface area contributed by atoms with Crippen LogP contribution in [0.4, 0.5) is 36.1 Å². The molecule has 2 N–H and O–H groups in total. The minimum Gasteiger partial charge on any atom is -0.465 e. The third-order valence-electron chi connectivity index (χ3n) is 8.56. The number of rotatable bonds is 6. The molecule has 5 nitrogen and oxygen atoms in total. The zero-order valence-corrected chi connectivity index (χ0v) is 21.1. The standard InChI is InChI=1S/C30H30F3N3O2.2H2/c1-38-28(37)26-3-2-8-34-27(26)36-25-13-22(30(31,32)33)12-24(14-25)35-23-6-4-21(5-7-23)29-15-18-9-19(16-29)11-20(10-18)17-29;;/h2-8,12-14,18-20,35H,9-11,15-17H2,1H3,(H,34,36);2*1H. The molecule has 0 saturated heterocycles. The van der Waals surface area contributed by atoms with Crippen LogP contribution in [0.3, 0.4) is 0 Å². The number of esters is 1. The van der Waals surface area contributed by atoms with E-state index in [1.54, 1.807) is 12.1 Å². The zero-order chi connectivity index (χ0) is 26.5. The quantitative estimate of drug-likeness (QED) is 0.317.